The van der Waals surface area contributed by atoms with Gasteiger partial charge in [-0.25, -0.2) is 8.78 Å². The molecule has 0 saturated carbocycles. The zero-order valence-electron chi connectivity index (χ0n) is 21.2. The van der Waals surface area contributed by atoms with E-state index < -0.39 is 29.3 Å². The summed E-state index contributed by atoms with van der Waals surface area (Å²) in [5, 5.41) is 19.9. The number of aliphatic hydroxyl groups excluding tert-OH is 1. The molecule has 8 nitrogen and oxygen atoms in total. The number of benzene rings is 3. The zero-order valence-corrected chi connectivity index (χ0v) is 22.8. The van der Waals surface area contributed by atoms with Crippen molar-refractivity contribution in [3.8, 4) is 5.75 Å². The summed E-state index contributed by atoms with van der Waals surface area (Å²) in [6.07, 6.45) is 0. The first-order valence-corrected chi connectivity index (χ1v) is 14.0. The molecular formula is C29H19F2N3O5S2. The summed E-state index contributed by atoms with van der Waals surface area (Å²) < 4.78 is 40.0. The maximum absolute atomic E-state index is 15.2. The summed E-state index contributed by atoms with van der Waals surface area (Å²) in [4.78, 5) is 28.3. The molecule has 5 aromatic rings. The van der Waals surface area contributed by atoms with Gasteiger partial charge in [0.1, 0.15) is 17.7 Å². The third-order valence-corrected chi connectivity index (χ3v) is 8.61. The van der Waals surface area contributed by atoms with Gasteiger partial charge in [-0.3, -0.25) is 14.5 Å². The smallest absolute Gasteiger partial charge is 0.296 e. The molecular weight excluding hydrogens is 572 g/mol. The normalized spacial score (nSPS) is 15.2. The lowest BCUT2D eigenvalue weighted by molar-refractivity contribution is -0.117. The molecule has 1 aliphatic rings. The number of aromatic nitrogens is 2. The van der Waals surface area contributed by atoms with Crippen LogP contribution in [0.15, 0.2) is 92.9 Å². The average molecular weight is 592 g/mol. The number of carbonyl (C=O) groups excluding carboxylic acids is 2. The van der Waals surface area contributed by atoms with Gasteiger partial charge in [-0.15, -0.1) is 10.2 Å². The Labute approximate surface area is 239 Å². The highest BCUT2D eigenvalue weighted by Crippen LogP contribution is 2.45. The fraction of sp³-hybridized carbons (Fsp3) is 0.103. The van der Waals surface area contributed by atoms with Crippen LogP contribution in [0.4, 0.5) is 13.9 Å². The second-order valence-electron chi connectivity index (χ2n) is 8.95. The minimum atomic E-state index is -1.34. The van der Waals surface area contributed by atoms with Gasteiger partial charge in [0.2, 0.25) is 10.9 Å². The molecule has 0 radical (unpaired) electrons. The van der Waals surface area contributed by atoms with Crippen LogP contribution >= 0.6 is 23.1 Å². The second-order valence-corrected chi connectivity index (χ2v) is 11.1. The van der Waals surface area contributed by atoms with Crippen molar-refractivity contribution in [3.63, 3.8) is 0 Å². The van der Waals surface area contributed by atoms with Crippen molar-refractivity contribution < 1.29 is 32.6 Å². The van der Waals surface area contributed by atoms with Crippen molar-refractivity contribution in [2.45, 2.75) is 16.1 Å². The third kappa shape index (κ3) is 4.85. The number of halogens is 2. The van der Waals surface area contributed by atoms with Crippen molar-refractivity contribution in [2.75, 3.05) is 12.0 Å². The number of methoxy groups -OCH3 is 1. The zero-order chi connectivity index (χ0) is 28.7. The van der Waals surface area contributed by atoms with Gasteiger partial charge in [0.15, 0.2) is 27.2 Å². The van der Waals surface area contributed by atoms with Crippen LogP contribution in [-0.4, -0.2) is 34.1 Å². The molecule has 0 spiro atoms. The molecule has 0 saturated heterocycles. The molecule has 0 aliphatic carbocycles. The number of nitrogens with zero attached hydrogens (tertiary/aromatic N) is 3. The number of thioether (sulfide) groups is 1. The van der Waals surface area contributed by atoms with E-state index in [4.69, 9.17) is 9.15 Å². The van der Waals surface area contributed by atoms with Crippen LogP contribution in [0.2, 0.25) is 0 Å². The number of aliphatic hydroxyl groups is 1. The second kappa shape index (κ2) is 10.8. The minimum absolute atomic E-state index is 0.0161. The summed E-state index contributed by atoms with van der Waals surface area (Å²) in [7, 11) is 1.46. The van der Waals surface area contributed by atoms with E-state index in [-0.39, 0.29) is 27.8 Å². The molecule has 6 rings (SSSR count). The highest BCUT2D eigenvalue weighted by Gasteiger charge is 2.47. The van der Waals surface area contributed by atoms with Crippen molar-refractivity contribution in [3.05, 3.63) is 113 Å². The van der Waals surface area contributed by atoms with Crippen LogP contribution in [0.3, 0.4) is 0 Å². The van der Waals surface area contributed by atoms with E-state index in [1.54, 1.807) is 36.4 Å². The number of furan rings is 1. The quantitative estimate of drug-likeness (QED) is 0.122. The topological polar surface area (TPSA) is 106 Å². The summed E-state index contributed by atoms with van der Waals surface area (Å²) in [6, 6.07) is 16.9. The van der Waals surface area contributed by atoms with E-state index in [2.05, 4.69) is 10.2 Å². The Morgan fingerprint density at radius 2 is 1.88 bits per heavy atom. The fourth-order valence-corrected chi connectivity index (χ4v) is 6.37. The standard InChI is InChI=1S/C29H19F2N3O5S2/c1-38-20-8-4-5-16-13-21(39-26(16)20)24(35)22-23(18-6-2-3-7-19(18)31)34(27(37)25(22)36)28-32-33-29(41-28)40-14-15-9-11-17(30)12-10-15/h2-13,23,36H,14H2,1H3. The summed E-state index contributed by atoms with van der Waals surface area (Å²) in [5.74, 6) is -2.89. The molecule has 12 heteroatoms. The third-order valence-electron chi connectivity index (χ3n) is 6.48. The number of hydrogen-bond donors (Lipinski definition) is 1. The molecule has 3 aromatic carbocycles. The number of hydrogen-bond acceptors (Lipinski definition) is 9. The molecule has 2 aromatic heterocycles. The maximum atomic E-state index is 15.2. The number of amides is 1. The van der Waals surface area contributed by atoms with E-state index in [1.165, 1.54) is 55.3 Å². The maximum Gasteiger partial charge on any atom is 0.296 e. The van der Waals surface area contributed by atoms with Crippen LogP contribution in [0.1, 0.15) is 27.7 Å². The highest BCUT2D eigenvalue weighted by atomic mass is 32.2. The Morgan fingerprint density at radius 3 is 2.63 bits per heavy atom. The number of Topliss-reactive ketones (excluding diaryl/α,β-unsaturated/α-hetero) is 1. The van der Waals surface area contributed by atoms with E-state index in [1.807, 2.05) is 0 Å². The van der Waals surface area contributed by atoms with Gasteiger partial charge < -0.3 is 14.3 Å². The number of ketones is 1. The Hall–Kier alpha value is -4.55. The molecule has 0 bridgehead atoms. The molecule has 206 valence electrons. The first-order chi connectivity index (χ1) is 19.9. The molecule has 1 aliphatic heterocycles. The predicted octanol–water partition coefficient (Wildman–Crippen LogP) is 6.65. The van der Waals surface area contributed by atoms with Crippen molar-refractivity contribution in [1.29, 1.82) is 0 Å². The minimum Gasteiger partial charge on any atom is -0.503 e. The summed E-state index contributed by atoms with van der Waals surface area (Å²) in [5.41, 5.74) is 0.796. The monoisotopic (exact) mass is 591 g/mol. The Bertz CT molecular complexity index is 1830. The molecule has 1 amide bonds. The molecule has 41 heavy (non-hydrogen) atoms. The molecule has 0 fully saturated rings. The lowest BCUT2D eigenvalue weighted by atomic mass is 9.95. The largest absolute Gasteiger partial charge is 0.503 e. The van der Waals surface area contributed by atoms with Crippen LogP contribution in [0.25, 0.3) is 11.0 Å². The molecule has 1 unspecified atom stereocenters. The van der Waals surface area contributed by atoms with Gasteiger partial charge in [0, 0.05) is 16.7 Å². The first-order valence-electron chi connectivity index (χ1n) is 12.2. The van der Waals surface area contributed by atoms with Gasteiger partial charge in [-0.2, -0.15) is 0 Å². The number of carbonyl (C=O) groups is 2. The van der Waals surface area contributed by atoms with Crippen LogP contribution < -0.4 is 9.64 Å². The van der Waals surface area contributed by atoms with Gasteiger partial charge >= 0.3 is 0 Å². The number of rotatable bonds is 8. The highest BCUT2D eigenvalue weighted by molar-refractivity contribution is 8.00. The number of para-hydroxylation sites is 1. The van der Waals surface area contributed by atoms with E-state index >= 15 is 4.39 Å². The van der Waals surface area contributed by atoms with Gasteiger partial charge in [0.05, 0.1) is 12.7 Å². The number of anilines is 1. The van der Waals surface area contributed by atoms with E-state index in [0.29, 0.717) is 26.8 Å². The van der Waals surface area contributed by atoms with Gasteiger partial charge in [0.25, 0.3) is 5.91 Å². The number of ether oxygens (including phenoxy) is 1. The SMILES string of the molecule is COc1cccc2cc(C(=O)C3=C(O)C(=O)N(c4nnc(SCc5ccc(F)cc5)s4)C3c3ccccc3F)oc12. The lowest BCUT2D eigenvalue weighted by Crippen LogP contribution is -2.31. The van der Waals surface area contributed by atoms with Crippen LogP contribution in [0, 0.1) is 11.6 Å². The fourth-order valence-electron chi connectivity index (χ4n) is 4.55. The molecule has 1 N–H and O–H groups in total. The molecule has 3 heterocycles. The molecule has 1 atom stereocenters. The van der Waals surface area contributed by atoms with E-state index in [0.717, 1.165) is 21.8 Å². The van der Waals surface area contributed by atoms with Crippen LogP contribution in [0.5, 0.6) is 5.75 Å². The van der Waals surface area contributed by atoms with Crippen molar-refractivity contribution in [2.24, 2.45) is 0 Å². The number of fused-ring (bicyclic) bond motifs is 1. The van der Waals surface area contributed by atoms with Gasteiger partial charge in [-0.1, -0.05) is 65.6 Å². The summed E-state index contributed by atoms with van der Waals surface area (Å²) in [6.45, 7) is 0. The van der Waals surface area contributed by atoms with Gasteiger partial charge in [-0.05, 0) is 35.9 Å². The predicted molar refractivity (Wildman–Crippen MR) is 149 cm³/mol. The van der Waals surface area contributed by atoms with Crippen molar-refractivity contribution >= 4 is 50.9 Å². The lowest BCUT2D eigenvalue weighted by Gasteiger charge is -2.24. The Kier molecular flexibility index (Phi) is 7.01. The Morgan fingerprint density at radius 1 is 1.10 bits per heavy atom. The Balaban J connectivity index is 1.37. The van der Waals surface area contributed by atoms with Crippen molar-refractivity contribution in [1.82, 2.24) is 10.2 Å². The average Bonchev–Trinajstić information content (AvgIpc) is 3.69. The summed E-state index contributed by atoms with van der Waals surface area (Å²) >= 11 is 2.35. The van der Waals surface area contributed by atoms with Crippen LogP contribution in [-0.2, 0) is 10.5 Å². The first kappa shape index (κ1) is 26.7. The van der Waals surface area contributed by atoms with E-state index in [9.17, 15) is 19.1 Å².